The molecule has 1 unspecified atom stereocenters. The summed E-state index contributed by atoms with van der Waals surface area (Å²) in [5, 5.41) is 3.72. The molecule has 0 radical (unpaired) electrons. The minimum atomic E-state index is -0.196. The summed E-state index contributed by atoms with van der Waals surface area (Å²) in [5.41, 5.74) is 2.62. The van der Waals surface area contributed by atoms with Gasteiger partial charge in [0, 0.05) is 69.1 Å². The molecule has 31 heavy (non-hydrogen) atoms. The lowest BCUT2D eigenvalue weighted by Gasteiger charge is -2.24. The molecule has 0 aliphatic carbocycles. The van der Waals surface area contributed by atoms with E-state index in [1.165, 1.54) is 9.12 Å². The van der Waals surface area contributed by atoms with E-state index < -0.39 is 0 Å². The summed E-state index contributed by atoms with van der Waals surface area (Å²) in [6, 6.07) is 5.76. The molecular weight excluding hydrogens is 526 g/mol. The Kier molecular flexibility index (Phi) is 9.69. The van der Waals surface area contributed by atoms with Crippen molar-refractivity contribution in [2.45, 2.75) is 45.6 Å². The highest BCUT2D eigenvalue weighted by Crippen LogP contribution is 2.35. The van der Waals surface area contributed by atoms with Gasteiger partial charge < -0.3 is 15.1 Å². The number of hydrogen-bond acceptors (Lipinski definition) is 5. The molecule has 8 heteroatoms. The number of benzene rings is 1. The zero-order valence-corrected chi connectivity index (χ0v) is 22.5. The Bertz CT molecular complexity index is 941. The summed E-state index contributed by atoms with van der Waals surface area (Å²) in [5.74, 6) is -0.184. The third-order valence-corrected chi connectivity index (χ3v) is 7.44. The zero-order valence-electron chi connectivity index (χ0n) is 19.5. The highest BCUT2D eigenvalue weighted by atomic mass is 127. The second kappa shape index (κ2) is 11.6. The number of nitrogens with one attached hydrogen (secondary N) is 1. The van der Waals surface area contributed by atoms with Gasteiger partial charge in [-0.15, -0.1) is 0 Å². The predicted molar refractivity (Wildman–Crippen MR) is 139 cm³/mol. The third kappa shape index (κ3) is 6.16. The fourth-order valence-electron chi connectivity index (χ4n) is 3.60. The van der Waals surface area contributed by atoms with E-state index in [9.17, 15) is 4.79 Å². The van der Waals surface area contributed by atoms with Crippen molar-refractivity contribution in [2.24, 2.45) is 0 Å². The van der Waals surface area contributed by atoms with Crippen molar-refractivity contribution in [1.29, 1.82) is 0 Å². The number of ketones is 1. The Labute approximate surface area is 202 Å². The molecule has 0 saturated carbocycles. The van der Waals surface area contributed by atoms with Crippen LogP contribution in [0, 0.1) is 5.82 Å². The van der Waals surface area contributed by atoms with Crippen molar-refractivity contribution in [2.75, 3.05) is 34.7 Å². The molecule has 0 bridgehead atoms. The summed E-state index contributed by atoms with van der Waals surface area (Å²) < 4.78 is 17.0. The van der Waals surface area contributed by atoms with Crippen LogP contribution in [0.4, 0.5) is 4.39 Å². The number of carbonyl (C=O) groups is 1. The Morgan fingerprint density at radius 2 is 1.97 bits per heavy atom. The second-order valence-corrected chi connectivity index (χ2v) is 10.1. The molecule has 0 amide bonds. The van der Waals surface area contributed by atoms with Gasteiger partial charge in [0.15, 0.2) is 0 Å². The van der Waals surface area contributed by atoms with E-state index in [4.69, 9.17) is 0 Å². The largest absolute Gasteiger partial charge is 0.384 e. The van der Waals surface area contributed by atoms with Crippen molar-refractivity contribution in [3.8, 4) is 0 Å². The van der Waals surface area contributed by atoms with Crippen LogP contribution >= 0.6 is 30.3 Å². The van der Waals surface area contributed by atoms with Crippen LogP contribution in [0.15, 0.2) is 30.1 Å². The molecule has 1 aromatic heterocycles. The molecule has 1 aromatic carbocycles. The molecule has 1 heterocycles. The first-order valence-electron chi connectivity index (χ1n) is 10.6. The first kappa shape index (κ1) is 26.0. The number of halogens is 2. The summed E-state index contributed by atoms with van der Waals surface area (Å²) in [7, 11) is 9.01. The maximum absolute atomic E-state index is 15.1. The first-order valence-corrected chi connectivity index (χ1v) is 13.9. The number of aromatic nitrogens is 1. The van der Waals surface area contributed by atoms with Crippen molar-refractivity contribution in [3.05, 3.63) is 47.2 Å². The predicted octanol–water partition coefficient (Wildman–Crippen LogP) is 5.66. The number of carbonyl (C=O) groups excluding carboxylic acids is 1. The van der Waals surface area contributed by atoms with E-state index in [1.807, 2.05) is 29.0 Å². The molecule has 5 nitrogen and oxygen atoms in total. The molecule has 0 aliphatic rings. The van der Waals surface area contributed by atoms with Gasteiger partial charge in [-0.3, -0.25) is 8.77 Å². The van der Waals surface area contributed by atoms with Gasteiger partial charge in [-0.25, -0.2) is 4.39 Å². The van der Waals surface area contributed by atoms with Gasteiger partial charge in [0.05, 0.1) is 5.52 Å². The standard InChI is InChI=1S/C23H34FIN4OS/c1-8-16(9-10-28(7)15(2)3)18-13-21-17(11-19(18)24)12-22(29(21)31-25)23(30)20(26-4)14-27(5)6/h11-16,26H,8-10H2,1-7H3/b20-14-. The van der Waals surface area contributed by atoms with Gasteiger partial charge in [0.2, 0.25) is 5.78 Å². The highest BCUT2D eigenvalue weighted by Gasteiger charge is 2.23. The molecular formula is C23H34FIN4OS. The molecule has 0 spiro atoms. The van der Waals surface area contributed by atoms with Gasteiger partial charge in [-0.05, 0) is 70.0 Å². The molecule has 0 fully saturated rings. The molecule has 0 saturated heterocycles. The number of nitrogens with zero attached hydrogens (tertiary/aromatic N) is 3. The first-order chi connectivity index (χ1) is 14.6. The van der Waals surface area contributed by atoms with E-state index in [-0.39, 0.29) is 17.5 Å². The zero-order chi connectivity index (χ0) is 23.3. The maximum atomic E-state index is 15.1. The van der Waals surface area contributed by atoms with Gasteiger partial charge in [0.1, 0.15) is 17.2 Å². The van der Waals surface area contributed by atoms with E-state index in [2.05, 4.69) is 59.2 Å². The van der Waals surface area contributed by atoms with Crippen LogP contribution in [0.25, 0.3) is 10.9 Å². The van der Waals surface area contributed by atoms with E-state index in [1.54, 1.807) is 25.4 Å². The van der Waals surface area contributed by atoms with Gasteiger partial charge in [-0.1, -0.05) is 6.92 Å². The lowest BCUT2D eigenvalue weighted by atomic mass is 9.91. The van der Waals surface area contributed by atoms with Crippen molar-refractivity contribution in [1.82, 2.24) is 19.1 Å². The number of rotatable bonds is 11. The lowest BCUT2D eigenvalue weighted by molar-refractivity contribution is 0.102. The van der Waals surface area contributed by atoms with Crippen LogP contribution < -0.4 is 5.32 Å². The Balaban J connectivity index is 2.50. The number of Topliss-reactive ketones (excluding diaryl/α,β-unsaturated/α-hetero) is 1. The van der Waals surface area contributed by atoms with E-state index in [0.717, 1.165) is 35.9 Å². The van der Waals surface area contributed by atoms with E-state index >= 15 is 4.39 Å². The summed E-state index contributed by atoms with van der Waals surface area (Å²) in [6.07, 6.45) is 3.52. The Morgan fingerprint density at radius 3 is 2.48 bits per heavy atom. The topological polar surface area (TPSA) is 40.5 Å². The van der Waals surface area contributed by atoms with E-state index in [0.29, 0.717) is 17.4 Å². The SMILES string of the molecule is CCC(CCN(C)C(C)C)c1cc2c(cc1F)cc(C(=O)/C(=C/N(C)C)NC)n2SI. The van der Waals surface area contributed by atoms with Crippen molar-refractivity contribution < 1.29 is 9.18 Å². The fourth-order valence-corrected chi connectivity index (χ4v) is 5.31. The lowest BCUT2D eigenvalue weighted by Crippen LogP contribution is -2.28. The van der Waals surface area contributed by atoms with Gasteiger partial charge in [-0.2, -0.15) is 0 Å². The highest BCUT2D eigenvalue weighted by molar-refractivity contribution is 14.2. The number of likely N-dealkylation sites (N-methyl/N-ethyl adjacent to an activating group) is 1. The van der Waals surface area contributed by atoms with Crippen LogP contribution in [-0.4, -0.2) is 60.3 Å². The summed E-state index contributed by atoms with van der Waals surface area (Å²) in [4.78, 5) is 17.3. The summed E-state index contributed by atoms with van der Waals surface area (Å²) >= 11 is 2.17. The smallest absolute Gasteiger partial charge is 0.227 e. The van der Waals surface area contributed by atoms with Crippen molar-refractivity contribution >= 4 is 47.0 Å². The maximum Gasteiger partial charge on any atom is 0.227 e. The Morgan fingerprint density at radius 1 is 1.29 bits per heavy atom. The molecule has 2 rings (SSSR count). The summed E-state index contributed by atoms with van der Waals surface area (Å²) in [6.45, 7) is 7.36. The minimum Gasteiger partial charge on any atom is -0.384 e. The third-order valence-electron chi connectivity index (χ3n) is 5.72. The molecule has 1 atom stereocenters. The number of allylic oxidation sites excluding steroid dienone is 1. The quantitative estimate of drug-likeness (QED) is 0.218. The Hall–Kier alpha value is -1.26. The van der Waals surface area contributed by atoms with Crippen LogP contribution in [0.3, 0.4) is 0 Å². The fraction of sp³-hybridized carbons (Fsp3) is 0.522. The minimum absolute atomic E-state index is 0.121. The average molecular weight is 561 g/mol. The normalized spacial score (nSPS) is 13.3. The van der Waals surface area contributed by atoms with Crippen molar-refractivity contribution in [3.63, 3.8) is 0 Å². The van der Waals surface area contributed by atoms with Gasteiger partial charge in [0.25, 0.3) is 0 Å². The molecule has 2 aromatic rings. The van der Waals surface area contributed by atoms with Crippen LogP contribution in [-0.2, 0) is 0 Å². The molecule has 0 aliphatic heterocycles. The average Bonchev–Trinajstić information content (AvgIpc) is 3.08. The molecule has 172 valence electrons. The van der Waals surface area contributed by atoms with Crippen LogP contribution in [0.1, 0.15) is 55.6 Å². The second-order valence-electron chi connectivity index (χ2n) is 8.38. The van der Waals surface area contributed by atoms with Gasteiger partial charge >= 0.3 is 0 Å². The van der Waals surface area contributed by atoms with Crippen LogP contribution in [0.2, 0.25) is 0 Å². The monoisotopic (exact) mass is 560 g/mol. The molecule has 1 N–H and O–H groups in total. The number of hydrogen-bond donors (Lipinski definition) is 1. The van der Waals surface area contributed by atoms with Crippen LogP contribution in [0.5, 0.6) is 0 Å². The number of fused-ring (bicyclic) bond motifs is 1.